The minimum absolute atomic E-state index is 0.413. The van der Waals surface area contributed by atoms with Crippen molar-refractivity contribution in [2.45, 2.75) is 25.3 Å². The molecule has 1 saturated heterocycles. The lowest BCUT2D eigenvalue weighted by Crippen LogP contribution is -2.32. The summed E-state index contributed by atoms with van der Waals surface area (Å²) in [6, 6.07) is 0.0703. The first-order valence-corrected chi connectivity index (χ1v) is 5.34. The highest BCUT2D eigenvalue weighted by Crippen LogP contribution is 2.26. The monoisotopic (exact) mass is 207 g/mol. The molecule has 2 amide bonds. The van der Waals surface area contributed by atoms with Crippen molar-refractivity contribution in [1.29, 1.82) is 0 Å². The predicted octanol–water partition coefficient (Wildman–Crippen LogP) is 1.26. The van der Waals surface area contributed by atoms with Crippen molar-refractivity contribution in [3.8, 4) is 0 Å². The number of urea groups is 1. The summed E-state index contributed by atoms with van der Waals surface area (Å²) >= 11 is 0. The molecule has 2 aliphatic rings. The van der Waals surface area contributed by atoms with Crippen LogP contribution in [0, 0.1) is 0 Å². The Balaban J connectivity index is 2.12. The minimum atomic E-state index is -0.413. The van der Waals surface area contributed by atoms with E-state index in [0.717, 1.165) is 13.0 Å². The Hall–Kier alpha value is -1.29. The first-order valence-electron chi connectivity index (χ1n) is 5.34. The van der Waals surface area contributed by atoms with Crippen molar-refractivity contribution >= 4 is 6.03 Å². The second-order valence-corrected chi connectivity index (χ2v) is 4.18. The summed E-state index contributed by atoms with van der Waals surface area (Å²) in [6.07, 6.45) is 8.96. The number of likely N-dealkylation sites (tertiary alicyclic amines) is 1. The third kappa shape index (κ3) is 2.04. The van der Waals surface area contributed by atoms with Crippen LogP contribution in [0.1, 0.15) is 19.3 Å². The molecule has 0 spiro atoms. The number of carbonyl (C=O) groups excluding carboxylic acids is 1. The van der Waals surface area contributed by atoms with E-state index in [1.807, 2.05) is 12.3 Å². The fourth-order valence-electron chi connectivity index (χ4n) is 2.31. The summed E-state index contributed by atoms with van der Waals surface area (Å²) in [6.45, 7) is 1.14. The summed E-state index contributed by atoms with van der Waals surface area (Å²) in [4.78, 5) is 14.8. The van der Waals surface area contributed by atoms with Crippen LogP contribution in [-0.2, 0) is 0 Å². The van der Waals surface area contributed by atoms with Crippen molar-refractivity contribution in [1.82, 2.24) is 9.80 Å². The molecule has 15 heavy (non-hydrogen) atoms. The lowest BCUT2D eigenvalue weighted by atomic mass is 10.0. The number of amides is 2. The van der Waals surface area contributed by atoms with E-state index in [1.54, 1.807) is 6.20 Å². The molecular formula is C11H17N3O. The Bertz CT molecular complexity index is 322. The first kappa shape index (κ1) is 10.2. The van der Waals surface area contributed by atoms with E-state index in [1.165, 1.54) is 23.3 Å². The van der Waals surface area contributed by atoms with Gasteiger partial charge in [-0.3, -0.25) is 9.80 Å². The highest BCUT2D eigenvalue weighted by Gasteiger charge is 2.25. The van der Waals surface area contributed by atoms with Gasteiger partial charge in [0.2, 0.25) is 0 Å². The maximum atomic E-state index is 11.0. The van der Waals surface area contributed by atoms with Gasteiger partial charge in [0.25, 0.3) is 0 Å². The topological polar surface area (TPSA) is 49.6 Å². The molecule has 0 radical (unpaired) electrons. The van der Waals surface area contributed by atoms with E-state index >= 15 is 0 Å². The summed E-state index contributed by atoms with van der Waals surface area (Å²) in [7, 11) is 2.13. The standard InChI is InChI=1S/C11H17N3O/c1-13-6-3-5-10(13)9-4-2-7-14(8-9)11(12)15/h2,7-8,10H,3-6H2,1H3,(H2,12,15). The molecule has 82 valence electrons. The summed E-state index contributed by atoms with van der Waals surface area (Å²) in [5.74, 6) is 0. The second kappa shape index (κ2) is 4.06. The summed E-state index contributed by atoms with van der Waals surface area (Å²) in [5.41, 5.74) is 6.53. The van der Waals surface area contributed by atoms with Crippen LogP contribution in [0.25, 0.3) is 0 Å². The molecule has 1 fully saturated rings. The van der Waals surface area contributed by atoms with Crippen LogP contribution in [0.2, 0.25) is 0 Å². The predicted molar refractivity (Wildman–Crippen MR) is 58.9 cm³/mol. The van der Waals surface area contributed by atoms with Crippen molar-refractivity contribution in [2.75, 3.05) is 13.6 Å². The SMILES string of the molecule is CN1CCCC1C1=CN(C(N)=O)C=CC1. The number of nitrogens with zero attached hydrogens (tertiary/aromatic N) is 2. The Labute approximate surface area is 90.0 Å². The minimum Gasteiger partial charge on any atom is -0.351 e. The van der Waals surface area contributed by atoms with Gasteiger partial charge in [0, 0.05) is 18.4 Å². The van der Waals surface area contributed by atoms with E-state index in [4.69, 9.17) is 5.73 Å². The first-order chi connectivity index (χ1) is 7.18. The molecule has 4 nitrogen and oxygen atoms in total. The number of hydrogen-bond donors (Lipinski definition) is 1. The fourth-order valence-corrected chi connectivity index (χ4v) is 2.31. The van der Waals surface area contributed by atoms with Crippen LogP contribution in [0.15, 0.2) is 24.0 Å². The van der Waals surface area contributed by atoms with Crippen LogP contribution in [0.4, 0.5) is 4.79 Å². The van der Waals surface area contributed by atoms with E-state index in [9.17, 15) is 4.79 Å². The average Bonchev–Trinajstić information content (AvgIpc) is 2.64. The molecule has 4 heteroatoms. The second-order valence-electron chi connectivity index (χ2n) is 4.18. The van der Waals surface area contributed by atoms with Crippen LogP contribution in [0.3, 0.4) is 0 Å². The van der Waals surface area contributed by atoms with Crippen LogP contribution in [-0.4, -0.2) is 35.5 Å². The lowest BCUT2D eigenvalue weighted by molar-refractivity contribution is 0.234. The molecule has 2 heterocycles. The van der Waals surface area contributed by atoms with Gasteiger partial charge < -0.3 is 5.73 Å². The number of primary amides is 1. The molecule has 0 aromatic heterocycles. The van der Waals surface area contributed by atoms with Gasteiger partial charge >= 0.3 is 6.03 Å². The maximum Gasteiger partial charge on any atom is 0.322 e. The van der Waals surface area contributed by atoms with Gasteiger partial charge in [0.15, 0.2) is 0 Å². The Morgan fingerprint density at radius 1 is 1.60 bits per heavy atom. The number of hydrogen-bond acceptors (Lipinski definition) is 2. The van der Waals surface area contributed by atoms with Crippen molar-refractivity contribution in [3.63, 3.8) is 0 Å². The molecular weight excluding hydrogens is 190 g/mol. The Morgan fingerprint density at radius 3 is 3.00 bits per heavy atom. The normalized spacial score (nSPS) is 26.9. The van der Waals surface area contributed by atoms with Gasteiger partial charge in [0.1, 0.15) is 0 Å². The molecule has 2 rings (SSSR count). The molecule has 0 aromatic carbocycles. The van der Waals surface area contributed by atoms with Gasteiger partial charge in [-0.15, -0.1) is 0 Å². The molecule has 1 atom stereocenters. The van der Waals surface area contributed by atoms with E-state index in [0.29, 0.717) is 6.04 Å². The van der Waals surface area contributed by atoms with Crippen LogP contribution < -0.4 is 5.73 Å². The Morgan fingerprint density at radius 2 is 2.40 bits per heavy atom. The fraction of sp³-hybridized carbons (Fsp3) is 0.545. The van der Waals surface area contributed by atoms with Crippen molar-refractivity contribution < 1.29 is 4.79 Å². The molecule has 0 bridgehead atoms. The molecule has 2 aliphatic heterocycles. The number of nitrogens with two attached hydrogens (primary N) is 1. The molecule has 0 saturated carbocycles. The average molecular weight is 207 g/mol. The summed E-state index contributed by atoms with van der Waals surface area (Å²) < 4.78 is 0. The summed E-state index contributed by atoms with van der Waals surface area (Å²) in [5, 5.41) is 0. The van der Waals surface area contributed by atoms with Crippen molar-refractivity contribution in [3.05, 3.63) is 24.0 Å². The van der Waals surface area contributed by atoms with Gasteiger partial charge in [0.05, 0.1) is 0 Å². The number of rotatable bonds is 1. The van der Waals surface area contributed by atoms with Gasteiger partial charge in [-0.25, -0.2) is 4.79 Å². The Kier molecular flexibility index (Phi) is 2.77. The van der Waals surface area contributed by atoms with Gasteiger partial charge in [-0.2, -0.15) is 0 Å². The van der Waals surface area contributed by atoms with Crippen LogP contribution >= 0.6 is 0 Å². The highest BCUT2D eigenvalue weighted by molar-refractivity contribution is 5.74. The lowest BCUT2D eigenvalue weighted by Gasteiger charge is -2.26. The largest absolute Gasteiger partial charge is 0.351 e. The quantitative estimate of drug-likeness (QED) is 0.703. The maximum absolute atomic E-state index is 11.0. The van der Waals surface area contributed by atoms with Crippen LogP contribution in [0.5, 0.6) is 0 Å². The molecule has 1 unspecified atom stereocenters. The zero-order chi connectivity index (χ0) is 10.8. The smallest absolute Gasteiger partial charge is 0.322 e. The zero-order valence-electron chi connectivity index (χ0n) is 9.02. The molecule has 0 aromatic rings. The van der Waals surface area contributed by atoms with Gasteiger partial charge in [-0.05, 0) is 38.4 Å². The highest BCUT2D eigenvalue weighted by atomic mass is 16.2. The zero-order valence-corrected chi connectivity index (χ0v) is 9.02. The van der Waals surface area contributed by atoms with E-state index in [-0.39, 0.29) is 0 Å². The molecule has 0 aliphatic carbocycles. The van der Waals surface area contributed by atoms with Crippen molar-refractivity contribution in [2.24, 2.45) is 5.73 Å². The third-order valence-corrected chi connectivity index (χ3v) is 3.13. The third-order valence-electron chi connectivity index (χ3n) is 3.13. The van der Waals surface area contributed by atoms with Gasteiger partial charge in [-0.1, -0.05) is 6.08 Å². The van der Waals surface area contributed by atoms with E-state index < -0.39 is 6.03 Å². The number of likely N-dealkylation sites (N-methyl/N-ethyl adjacent to an activating group) is 1. The van der Waals surface area contributed by atoms with E-state index in [2.05, 4.69) is 11.9 Å². The molecule has 2 N–H and O–H groups in total. The number of allylic oxidation sites excluding steroid dienone is 1. The number of carbonyl (C=O) groups is 1.